The van der Waals surface area contributed by atoms with Crippen molar-refractivity contribution in [1.82, 2.24) is 10.6 Å². The first-order chi connectivity index (χ1) is 12.8. The van der Waals surface area contributed by atoms with E-state index in [1.165, 1.54) is 13.8 Å². The average molecular weight is 413 g/mol. The van der Waals surface area contributed by atoms with E-state index < -0.39 is 5.92 Å². The highest BCUT2D eigenvalue weighted by Crippen LogP contribution is 2.39. The van der Waals surface area contributed by atoms with Crippen molar-refractivity contribution in [2.75, 3.05) is 6.54 Å². The predicted molar refractivity (Wildman–Crippen MR) is 107 cm³/mol. The summed E-state index contributed by atoms with van der Waals surface area (Å²) in [5.74, 6) is -0.941. The molecule has 1 saturated carbocycles. The van der Waals surface area contributed by atoms with Crippen LogP contribution in [0.1, 0.15) is 57.6 Å². The van der Waals surface area contributed by atoms with Gasteiger partial charge in [0.2, 0.25) is 11.8 Å². The molecule has 1 aromatic carbocycles. The van der Waals surface area contributed by atoms with Crippen molar-refractivity contribution in [2.24, 2.45) is 11.8 Å². The average Bonchev–Trinajstić information content (AvgIpc) is 3.12. The van der Waals surface area contributed by atoms with E-state index in [9.17, 15) is 14.4 Å². The number of nitrogens with one attached hydrogen (secondary N) is 2. The second kappa shape index (κ2) is 10.1. The van der Waals surface area contributed by atoms with Crippen LogP contribution < -0.4 is 10.6 Å². The monoisotopic (exact) mass is 412 g/mol. The molecule has 2 amide bonds. The van der Waals surface area contributed by atoms with E-state index in [1.807, 2.05) is 0 Å². The molecule has 1 aromatic rings. The molecule has 0 aromatic heterocycles. The van der Waals surface area contributed by atoms with Crippen LogP contribution in [0.2, 0.25) is 10.0 Å². The number of carbonyl (C=O) groups excluding carboxylic acids is 3. The zero-order valence-corrected chi connectivity index (χ0v) is 17.2. The molecular weight excluding hydrogens is 387 g/mol. The van der Waals surface area contributed by atoms with Crippen molar-refractivity contribution in [3.63, 3.8) is 0 Å². The van der Waals surface area contributed by atoms with E-state index in [0.717, 1.165) is 31.2 Å². The Kier molecular flexibility index (Phi) is 8.11. The Bertz CT molecular complexity index is 702. The third kappa shape index (κ3) is 6.51. The van der Waals surface area contributed by atoms with Gasteiger partial charge < -0.3 is 15.4 Å². The number of halogens is 2. The van der Waals surface area contributed by atoms with Crippen molar-refractivity contribution < 1.29 is 14.4 Å². The van der Waals surface area contributed by atoms with Gasteiger partial charge in [-0.25, -0.2) is 0 Å². The summed E-state index contributed by atoms with van der Waals surface area (Å²) in [5.41, 5.74) is 0.797. The van der Waals surface area contributed by atoms with Gasteiger partial charge in [0, 0.05) is 29.9 Å². The lowest BCUT2D eigenvalue weighted by molar-refractivity contribution is -0.130. The van der Waals surface area contributed by atoms with Gasteiger partial charge in [0.25, 0.3) is 0 Å². The fourth-order valence-corrected chi connectivity index (χ4v) is 4.05. The van der Waals surface area contributed by atoms with E-state index in [4.69, 9.17) is 23.2 Å². The van der Waals surface area contributed by atoms with E-state index >= 15 is 0 Å². The summed E-state index contributed by atoms with van der Waals surface area (Å²) in [7, 11) is 0. The first-order valence-corrected chi connectivity index (χ1v) is 10.0. The minimum Gasteiger partial charge on any atom is -0.356 e. The number of carbonyl (C=O) groups is 3. The predicted octanol–water partition coefficient (Wildman–Crippen LogP) is 4.07. The zero-order chi connectivity index (χ0) is 20.0. The molecule has 2 atom stereocenters. The van der Waals surface area contributed by atoms with Crippen molar-refractivity contribution in [2.45, 2.75) is 52.0 Å². The summed E-state index contributed by atoms with van der Waals surface area (Å²) in [6.45, 7) is 2.95. The third-order valence-corrected chi connectivity index (χ3v) is 5.54. The van der Waals surface area contributed by atoms with Crippen LogP contribution in [0.5, 0.6) is 0 Å². The molecule has 0 unspecified atom stereocenters. The van der Waals surface area contributed by atoms with Gasteiger partial charge in [-0.15, -0.1) is 0 Å². The molecule has 1 fully saturated rings. The van der Waals surface area contributed by atoms with Gasteiger partial charge in [-0.2, -0.15) is 0 Å². The van der Waals surface area contributed by atoms with Crippen LogP contribution in [0, 0.1) is 11.8 Å². The smallest absolute Gasteiger partial charge is 0.225 e. The Labute approximate surface area is 170 Å². The fraction of sp³-hybridized carbons (Fsp3) is 0.550. The second-order valence-corrected chi connectivity index (χ2v) is 8.08. The van der Waals surface area contributed by atoms with E-state index in [1.54, 1.807) is 18.2 Å². The molecule has 0 heterocycles. The van der Waals surface area contributed by atoms with Crippen LogP contribution in [-0.2, 0) is 14.4 Å². The molecule has 1 aliphatic carbocycles. The highest BCUT2D eigenvalue weighted by atomic mass is 35.5. The van der Waals surface area contributed by atoms with Crippen molar-refractivity contribution >= 4 is 40.8 Å². The Hall–Kier alpha value is -1.59. The summed E-state index contributed by atoms with van der Waals surface area (Å²) in [4.78, 5) is 35.8. The number of Topliss-reactive ketones (excluding diaryl/α,β-unsaturated/α-hetero) is 1. The van der Waals surface area contributed by atoms with Crippen molar-refractivity contribution in [3.05, 3.63) is 33.8 Å². The van der Waals surface area contributed by atoms with E-state index in [0.29, 0.717) is 10.0 Å². The maximum atomic E-state index is 12.9. The van der Waals surface area contributed by atoms with Crippen LogP contribution in [0.15, 0.2) is 18.2 Å². The largest absolute Gasteiger partial charge is 0.356 e. The van der Waals surface area contributed by atoms with Gasteiger partial charge in [-0.3, -0.25) is 9.59 Å². The third-order valence-electron chi connectivity index (χ3n) is 4.96. The number of hydrogen-bond donors (Lipinski definition) is 2. The first-order valence-electron chi connectivity index (χ1n) is 9.27. The highest BCUT2D eigenvalue weighted by molar-refractivity contribution is 6.33. The molecule has 0 aliphatic heterocycles. The quantitative estimate of drug-likeness (QED) is 0.675. The van der Waals surface area contributed by atoms with Gasteiger partial charge in [-0.1, -0.05) is 36.0 Å². The standard InChI is InChI=1S/C20H26Cl2N2O3/c1-12(25)9-15(11-23-13(2)26)20(27)24-19(14-5-3-4-6-14)17-10-16(21)7-8-18(17)22/h7-8,10,14-15,19H,3-6,9,11H2,1-2H3,(H,23,26)(H,24,27)/t15-,19-/m1/s1. The fourth-order valence-electron chi connectivity index (χ4n) is 3.64. The maximum absolute atomic E-state index is 12.9. The summed E-state index contributed by atoms with van der Waals surface area (Å²) in [6.07, 6.45) is 4.29. The SMILES string of the molecule is CC(=O)C[C@H](CNC(C)=O)C(=O)N[C@@H](c1cc(Cl)ccc1Cl)C1CCCC1. The van der Waals surface area contributed by atoms with Gasteiger partial charge in [0.15, 0.2) is 0 Å². The molecule has 0 saturated heterocycles. The van der Waals surface area contributed by atoms with Gasteiger partial charge in [0.1, 0.15) is 5.78 Å². The maximum Gasteiger partial charge on any atom is 0.225 e. The lowest BCUT2D eigenvalue weighted by atomic mass is 9.90. The normalized spacial score (nSPS) is 16.6. The molecule has 0 bridgehead atoms. The Balaban J connectivity index is 2.24. The Morgan fingerprint density at radius 1 is 1.15 bits per heavy atom. The van der Waals surface area contributed by atoms with Crippen LogP contribution in [-0.4, -0.2) is 24.1 Å². The minimum atomic E-state index is -0.617. The van der Waals surface area contributed by atoms with E-state index in [-0.39, 0.29) is 42.5 Å². The number of rotatable bonds is 8. The summed E-state index contributed by atoms with van der Waals surface area (Å²) in [5, 5.41) is 6.84. The van der Waals surface area contributed by atoms with Crippen molar-refractivity contribution in [3.8, 4) is 0 Å². The molecule has 0 radical (unpaired) electrons. The van der Waals surface area contributed by atoms with Crippen LogP contribution in [0.4, 0.5) is 0 Å². The topological polar surface area (TPSA) is 75.3 Å². The highest BCUT2D eigenvalue weighted by Gasteiger charge is 2.31. The second-order valence-electron chi connectivity index (χ2n) is 7.24. The lowest BCUT2D eigenvalue weighted by Gasteiger charge is -2.28. The van der Waals surface area contributed by atoms with Gasteiger partial charge >= 0.3 is 0 Å². The van der Waals surface area contributed by atoms with Crippen LogP contribution in [0.25, 0.3) is 0 Å². The molecule has 2 rings (SSSR count). The summed E-state index contributed by atoms with van der Waals surface area (Å²) < 4.78 is 0. The molecule has 0 spiro atoms. The van der Waals surface area contributed by atoms with Gasteiger partial charge in [0.05, 0.1) is 12.0 Å². The zero-order valence-electron chi connectivity index (χ0n) is 15.7. The minimum absolute atomic E-state index is 0.0762. The van der Waals surface area contributed by atoms with Crippen LogP contribution >= 0.6 is 23.2 Å². The molecule has 2 N–H and O–H groups in total. The number of ketones is 1. The lowest BCUT2D eigenvalue weighted by Crippen LogP contribution is -2.42. The van der Waals surface area contributed by atoms with E-state index in [2.05, 4.69) is 10.6 Å². The molecule has 5 nitrogen and oxygen atoms in total. The molecule has 148 valence electrons. The number of hydrogen-bond acceptors (Lipinski definition) is 3. The summed E-state index contributed by atoms with van der Waals surface area (Å²) in [6, 6.07) is 4.98. The number of amides is 2. The van der Waals surface area contributed by atoms with Crippen molar-refractivity contribution in [1.29, 1.82) is 0 Å². The number of benzene rings is 1. The summed E-state index contributed by atoms with van der Waals surface area (Å²) >= 11 is 12.6. The molecular formula is C20H26Cl2N2O3. The Morgan fingerprint density at radius 2 is 1.81 bits per heavy atom. The molecule has 7 heteroatoms. The van der Waals surface area contributed by atoms with Crippen LogP contribution in [0.3, 0.4) is 0 Å². The van der Waals surface area contributed by atoms with Gasteiger partial charge in [-0.05, 0) is 49.4 Å². The Morgan fingerprint density at radius 3 is 2.41 bits per heavy atom. The first kappa shape index (κ1) is 21.7. The molecule has 1 aliphatic rings. The molecule has 27 heavy (non-hydrogen) atoms.